The van der Waals surface area contributed by atoms with Gasteiger partial charge in [0.1, 0.15) is 0 Å². The quantitative estimate of drug-likeness (QED) is 0.668. The zero-order valence-electron chi connectivity index (χ0n) is 18.8. The zero-order chi connectivity index (χ0) is 22.4. The van der Waals surface area contributed by atoms with Gasteiger partial charge in [0.2, 0.25) is 15.9 Å². The predicted molar refractivity (Wildman–Crippen MR) is 125 cm³/mol. The average molecular weight is 443 g/mol. The molecule has 1 atom stereocenters. The molecule has 0 radical (unpaired) electrons. The molecule has 5 nitrogen and oxygen atoms in total. The summed E-state index contributed by atoms with van der Waals surface area (Å²) in [5.74, 6) is 0.0419. The minimum atomic E-state index is -3.28. The highest BCUT2D eigenvalue weighted by atomic mass is 32.2. The van der Waals surface area contributed by atoms with Crippen molar-refractivity contribution in [1.82, 2.24) is 9.62 Å². The lowest BCUT2D eigenvalue weighted by Gasteiger charge is -2.31. The van der Waals surface area contributed by atoms with E-state index in [0.29, 0.717) is 32.4 Å². The first-order valence-corrected chi connectivity index (χ1v) is 12.8. The van der Waals surface area contributed by atoms with Crippen molar-refractivity contribution in [2.24, 2.45) is 5.92 Å². The molecule has 0 aliphatic carbocycles. The fourth-order valence-corrected chi connectivity index (χ4v) is 5.88. The maximum absolute atomic E-state index is 12.8. The topological polar surface area (TPSA) is 66.5 Å². The monoisotopic (exact) mass is 442 g/mol. The summed E-state index contributed by atoms with van der Waals surface area (Å²) in [4.78, 5) is 12.8. The lowest BCUT2D eigenvalue weighted by atomic mass is 9.95. The molecular weight excluding hydrogens is 408 g/mol. The number of benzene rings is 2. The summed E-state index contributed by atoms with van der Waals surface area (Å²) in [7, 11) is -3.28. The van der Waals surface area contributed by atoms with E-state index in [4.69, 9.17) is 0 Å². The number of nitrogens with one attached hydrogen (secondary N) is 1. The zero-order valence-corrected chi connectivity index (χ0v) is 19.6. The smallest absolute Gasteiger partial charge is 0.223 e. The van der Waals surface area contributed by atoms with Gasteiger partial charge in [0.15, 0.2) is 0 Å². The minimum absolute atomic E-state index is 0.0219. The van der Waals surface area contributed by atoms with Gasteiger partial charge >= 0.3 is 0 Å². The van der Waals surface area contributed by atoms with Crippen LogP contribution < -0.4 is 5.32 Å². The number of nitrogens with zero attached hydrogens (tertiary/aromatic N) is 1. The molecule has 1 amide bonds. The Hall–Kier alpha value is -2.18. The van der Waals surface area contributed by atoms with E-state index in [-0.39, 0.29) is 23.6 Å². The Kier molecular flexibility index (Phi) is 7.89. The SMILES string of the molecule is Cc1ccc(C(C)NC(=O)C2CCN(S(=O)(=O)CCCc3ccccc3)CC2)c(C)c1. The third kappa shape index (κ3) is 6.40. The predicted octanol–water partition coefficient (Wildman–Crippen LogP) is 4.16. The van der Waals surface area contributed by atoms with E-state index >= 15 is 0 Å². The standard InChI is InChI=1S/C25H34N2O3S/c1-19-11-12-24(20(2)18-19)21(3)26-25(28)23-13-15-27(16-14-23)31(29,30)17-7-10-22-8-5-4-6-9-22/h4-6,8-9,11-12,18,21,23H,7,10,13-17H2,1-3H3,(H,26,28). The Morgan fingerprint density at radius 1 is 1.10 bits per heavy atom. The summed E-state index contributed by atoms with van der Waals surface area (Å²) in [6, 6.07) is 16.1. The molecule has 1 aliphatic rings. The van der Waals surface area contributed by atoms with Crippen LogP contribution >= 0.6 is 0 Å². The van der Waals surface area contributed by atoms with Crippen LogP contribution in [0.4, 0.5) is 0 Å². The van der Waals surface area contributed by atoms with Crippen LogP contribution in [0.15, 0.2) is 48.5 Å². The van der Waals surface area contributed by atoms with Gasteiger partial charge in [0, 0.05) is 19.0 Å². The summed E-state index contributed by atoms with van der Waals surface area (Å²) in [5.41, 5.74) is 4.66. The van der Waals surface area contributed by atoms with Crippen LogP contribution in [0.25, 0.3) is 0 Å². The van der Waals surface area contributed by atoms with Gasteiger partial charge in [-0.1, -0.05) is 54.1 Å². The van der Waals surface area contributed by atoms with Crippen LogP contribution in [-0.4, -0.2) is 37.5 Å². The van der Waals surface area contributed by atoms with Crippen LogP contribution in [0.2, 0.25) is 0 Å². The van der Waals surface area contributed by atoms with Crippen LogP contribution in [0.3, 0.4) is 0 Å². The molecule has 0 saturated carbocycles. The third-order valence-corrected chi connectivity index (χ3v) is 8.14. The lowest BCUT2D eigenvalue weighted by Crippen LogP contribution is -2.44. The number of carbonyl (C=O) groups excluding carboxylic acids is 1. The van der Waals surface area contributed by atoms with Gasteiger partial charge in [0.25, 0.3) is 0 Å². The Balaban J connectivity index is 1.47. The number of hydrogen-bond acceptors (Lipinski definition) is 3. The highest BCUT2D eigenvalue weighted by molar-refractivity contribution is 7.89. The minimum Gasteiger partial charge on any atom is -0.349 e. The first-order valence-electron chi connectivity index (χ1n) is 11.2. The Bertz CT molecular complexity index is 981. The highest BCUT2D eigenvalue weighted by Crippen LogP contribution is 2.23. The van der Waals surface area contributed by atoms with Gasteiger partial charge in [-0.3, -0.25) is 4.79 Å². The van der Waals surface area contributed by atoms with E-state index in [2.05, 4.69) is 37.4 Å². The van der Waals surface area contributed by atoms with Crippen molar-refractivity contribution in [3.8, 4) is 0 Å². The van der Waals surface area contributed by atoms with Crippen molar-refractivity contribution in [3.05, 3.63) is 70.8 Å². The molecule has 6 heteroatoms. The molecular formula is C25H34N2O3S. The van der Waals surface area contributed by atoms with Crippen molar-refractivity contribution < 1.29 is 13.2 Å². The number of carbonyl (C=O) groups is 1. The number of piperidine rings is 1. The molecule has 0 aromatic heterocycles. The highest BCUT2D eigenvalue weighted by Gasteiger charge is 2.31. The summed E-state index contributed by atoms with van der Waals surface area (Å²) >= 11 is 0. The van der Waals surface area contributed by atoms with E-state index in [0.717, 1.165) is 17.5 Å². The van der Waals surface area contributed by atoms with Gasteiger partial charge in [-0.15, -0.1) is 0 Å². The van der Waals surface area contributed by atoms with Crippen molar-refractivity contribution in [3.63, 3.8) is 0 Å². The second-order valence-corrected chi connectivity index (χ2v) is 10.8. The Morgan fingerprint density at radius 3 is 2.42 bits per heavy atom. The molecule has 1 fully saturated rings. The molecule has 2 aromatic carbocycles. The van der Waals surface area contributed by atoms with Crippen LogP contribution in [0.1, 0.15) is 54.5 Å². The first kappa shape index (κ1) is 23.5. The molecule has 0 bridgehead atoms. The third-order valence-electron chi connectivity index (χ3n) is 6.18. The second-order valence-electron chi connectivity index (χ2n) is 8.67. The number of sulfonamides is 1. The largest absolute Gasteiger partial charge is 0.349 e. The van der Waals surface area contributed by atoms with Gasteiger partial charge in [-0.2, -0.15) is 0 Å². The van der Waals surface area contributed by atoms with Gasteiger partial charge < -0.3 is 5.32 Å². The lowest BCUT2D eigenvalue weighted by molar-refractivity contribution is -0.126. The first-order chi connectivity index (χ1) is 14.8. The maximum atomic E-state index is 12.8. The molecule has 0 spiro atoms. The van der Waals surface area contributed by atoms with E-state index in [9.17, 15) is 13.2 Å². The summed E-state index contributed by atoms with van der Waals surface area (Å²) in [6.45, 7) is 6.96. The normalized spacial score (nSPS) is 16.7. The maximum Gasteiger partial charge on any atom is 0.223 e. The van der Waals surface area contributed by atoms with Crippen LogP contribution in [0.5, 0.6) is 0 Å². The average Bonchev–Trinajstić information content (AvgIpc) is 2.74. The van der Waals surface area contributed by atoms with E-state index < -0.39 is 10.0 Å². The van der Waals surface area contributed by atoms with E-state index in [1.165, 1.54) is 11.1 Å². The number of rotatable bonds is 8. The fourth-order valence-electron chi connectivity index (χ4n) is 4.35. The molecule has 1 N–H and O–H groups in total. The number of aryl methyl sites for hydroxylation is 3. The van der Waals surface area contributed by atoms with Crippen molar-refractivity contribution in [1.29, 1.82) is 0 Å². The fraction of sp³-hybridized carbons (Fsp3) is 0.480. The molecule has 2 aromatic rings. The molecule has 31 heavy (non-hydrogen) atoms. The number of amides is 1. The Labute approximate surface area is 186 Å². The molecule has 1 aliphatic heterocycles. The molecule has 3 rings (SSSR count). The Morgan fingerprint density at radius 2 is 1.77 bits per heavy atom. The molecule has 1 unspecified atom stereocenters. The van der Waals surface area contributed by atoms with E-state index in [1.807, 2.05) is 37.3 Å². The summed E-state index contributed by atoms with van der Waals surface area (Å²) < 4.78 is 27.0. The molecule has 1 heterocycles. The number of hydrogen-bond donors (Lipinski definition) is 1. The van der Waals surface area contributed by atoms with Gasteiger partial charge in [0.05, 0.1) is 11.8 Å². The summed E-state index contributed by atoms with van der Waals surface area (Å²) in [6.07, 6.45) is 2.52. The molecule has 168 valence electrons. The van der Waals surface area contributed by atoms with Crippen LogP contribution in [0, 0.1) is 19.8 Å². The van der Waals surface area contributed by atoms with E-state index in [1.54, 1.807) is 4.31 Å². The van der Waals surface area contributed by atoms with Gasteiger partial charge in [-0.05, 0) is 63.1 Å². The van der Waals surface area contributed by atoms with Crippen molar-refractivity contribution >= 4 is 15.9 Å². The second kappa shape index (κ2) is 10.4. The summed E-state index contributed by atoms with van der Waals surface area (Å²) in [5, 5.41) is 3.13. The van der Waals surface area contributed by atoms with Crippen molar-refractivity contribution in [2.45, 2.75) is 52.5 Å². The molecule has 1 saturated heterocycles. The van der Waals surface area contributed by atoms with Gasteiger partial charge in [-0.25, -0.2) is 12.7 Å². The van der Waals surface area contributed by atoms with Crippen LogP contribution in [-0.2, 0) is 21.2 Å². The van der Waals surface area contributed by atoms with Crippen molar-refractivity contribution in [2.75, 3.05) is 18.8 Å².